The summed E-state index contributed by atoms with van der Waals surface area (Å²) >= 11 is 9.73. The highest BCUT2D eigenvalue weighted by Gasteiger charge is 2.26. The maximum absolute atomic E-state index is 6.17. The smallest absolute Gasteiger partial charge is 0.163 e. The zero-order valence-electron chi connectivity index (χ0n) is 11.1. The number of aromatic nitrogens is 3. The quantitative estimate of drug-likeness (QED) is 0.605. The molecular formula is C16H11BrClN3. The Hall–Kier alpha value is -1.52. The maximum Gasteiger partial charge on any atom is 0.163 e. The molecule has 3 nitrogen and oxygen atoms in total. The summed E-state index contributed by atoms with van der Waals surface area (Å²) < 4.78 is 1.01. The van der Waals surface area contributed by atoms with Crippen LogP contribution >= 0.6 is 27.5 Å². The van der Waals surface area contributed by atoms with Crippen LogP contribution in [0.25, 0.3) is 22.3 Å². The molecule has 0 spiro atoms. The second kappa shape index (κ2) is 5.04. The lowest BCUT2D eigenvalue weighted by Gasteiger charge is -2.08. The van der Waals surface area contributed by atoms with Gasteiger partial charge in [0.05, 0.1) is 5.52 Å². The first-order chi connectivity index (χ1) is 10.2. The molecular weight excluding hydrogens is 350 g/mol. The van der Waals surface area contributed by atoms with Crippen molar-refractivity contribution >= 4 is 38.4 Å². The van der Waals surface area contributed by atoms with Crippen LogP contribution < -0.4 is 0 Å². The molecule has 1 aliphatic carbocycles. The fourth-order valence-corrected chi connectivity index (χ4v) is 3.11. The van der Waals surface area contributed by atoms with Crippen LogP contribution in [-0.4, -0.2) is 15.0 Å². The maximum atomic E-state index is 6.17. The van der Waals surface area contributed by atoms with Crippen molar-refractivity contribution in [3.05, 3.63) is 51.8 Å². The number of benzene rings is 1. The molecule has 0 atom stereocenters. The first kappa shape index (κ1) is 13.2. The van der Waals surface area contributed by atoms with E-state index in [9.17, 15) is 0 Å². The Morgan fingerprint density at radius 3 is 2.81 bits per heavy atom. The van der Waals surface area contributed by atoms with Crippen molar-refractivity contribution in [3.8, 4) is 11.4 Å². The van der Waals surface area contributed by atoms with E-state index in [0.29, 0.717) is 16.9 Å². The highest BCUT2D eigenvalue weighted by Crippen LogP contribution is 2.40. The summed E-state index contributed by atoms with van der Waals surface area (Å²) in [6.45, 7) is 0. The predicted octanol–water partition coefficient (Wildman–Crippen LogP) is 4.99. The van der Waals surface area contributed by atoms with Gasteiger partial charge in [-0.3, -0.25) is 4.98 Å². The molecule has 0 radical (unpaired) electrons. The van der Waals surface area contributed by atoms with Gasteiger partial charge < -0.3 is 0 Å². The van der Waals surface area contributed by atoms with Crippen molar-refractivity contribution in [2.24, 2.45) is 0 Å². The standard InChI is InChI=1S/C16H11BrClN3/c17-12-6-5-11(15-10(12)2-1-7-19-15)16-20-13(9-3-4-9)8-14(18)21-16/h1-2,5-9H,3-4H2. The molecule has 2 heterocycles. The molecule has 21 heavy (non-hydrogen) atoms. The van der Waals surface area contributed by atoms with Gasteiger partial charge in [0.25, 0.3) is 0 Å². The third-order valence-corrected chi connectivity index (χ3v) is 4.55. The van der Waals surface area contributed by atoms with Gasteiger partial charge in [0.15, 0.2) is 5.82 Å². The molecule has 0 N–H and O–H groups in total. The van der Waals surface area contributed by atoms with Crippen LogP contribution in [-0.2, 0) is 0 Å². The minimum absolute atomic E-state index is 0.494. The summed E-state index contributed by atoms with van der Waals surface area (Å²) in [4.78, 5) is 13.6. The van der Waals surface area contributed by atoms with Gasteiger partial charge in [-0.15, -0.1) is 0 Å². The largest absolute Gasteiger partial charge is 0.255 e. The van der Waals surface area contributed by atoms with Gasteiger partial charge in [-0.25, -0.2) is 9.97 Å². The Kier molecular flexibility index (Phi) is 3.16. The normalized spacial score (nSPS) is 14.6. The average Bonchev–Trinajstić information content (AvgIpc) is 3.32. The molecule has 5 heteroatoms. The Morgan fingerprint density at radius 2 is 2.00 bits per heavy atom. The van der Waals surface area contributed by atoms with E-state index in [2.05, 4.69) is 25.9 Å². The number of pyridine rings is 1. The molecule has 1 fully saturated rings. The van der Waals surface area contributed by atoms with Crippen LogP contribution in [0.1, 0.15) is 24.5 Å². The van der Waals surface area contributed by atoms with Crippen molar-refractivity contribution in [1.29, 1.82) is 0 Å². The third kappa shape index (κ3) is 2.43. The van der Waals surface area contributed by atoms with Crippen LogP contribution in [0.3, 0.4) is 0 Å². The molecule has 0 unspecified atom stereocenters. The minimum Gasteiger partial charge on any atom is -0.255 e. The van der Waals surface area contributed by atoms with Gasteiger partial charge in [-0.1, -0.05) is 33.6 Å². The second-order valence-corrected chi connectivity index (χ2v) is 6.45. The zero-order chi connectivity index (χ0) is 14.4. The Bertz CT molecular complexity index is 846. The molecule has 3 aromatic rings. The van der Waals surface area contributed by atoms with Gasteiger partial charge in [0.1, 0.15) is 5.15 Å². The van der Waals surface area contributed by atoms with E-state index in [-0.39, 0.29) is 0 Å². The second-order valence-electron chi connectivity index (χ2n) is 5.21. The van der Waals surface area contributed by atoms with E-state index in [4.69, 9.17) is 16.6 Å². The number of rotatable bonds is 2. The highest BCUT2D eigenvalue weighted by atomic mass is 79.9. The average molecular weight is 361 g/mol. The van der Waals surface area contributed by atoms with Crippen LogP contribution in [0.5, 0.6) is 0 Å². The number of hydrogen-bond donors (Lipinski definition) is 0. The topological polar surface area (TPSA) is 38.7 Å². The lowest BCUT2D eigenvalue weighted by atomic mass is 10.1. The molecule has 104 valence electrons. The number of fused-ring (bicyclic) bond motifs is 1. The van der Waals surface area contributed by atoms with E-state index < -0.39 is 0 Å². The summed E-state index contributed by atoms with van der Waals surface area (Å²) in [5.41, 5.74) is 2.84. The fraction of sp³-hybridized carbons (Fsp3) is 0.188. The molecule has 0 saturated heterocycles. The Morgan fingerprint density at radius 1 is 1.14 bits per heavy atom. The van der Waals surface area contributed by atoms with Crippen LogP contribution in [0.4, 0.5) is 0 Å². The summed E-state index contributed by atoms with van der Waals surface area (Å²) in [7, 11) is 0. The highest BCUT2D eigenvalue weighted by molar-refractivity contribution is 9.10. The van der Waals surface area contributed by atoms with Gasteiger partial charge in [-0.05, 0) is 37.1 Å². The van der Waals surface area contributed by atoms with Crippen LogP contribution in [0.15, 0.2) is 41.0 Å². The zero-order valence-corrected chi connectivity index (χ0v) is 13.4. The summed E-state index contributed by atoms with van der Waals surface area (Å²) in [5.74, 6) is 1.19. The molecule has 2 aromatic heterocycles. The van der Waals surface area contributed by atoms with E-state index >= 15 is 0 Å². The van der Waals surface area contributed by atoms with E-state index in [0.717, 1.165) is 26.6 Å². The van der Waals surface area contributed by atoms with Crippen molar-refractivity contribution in [1.82, 2.24) is 15.0 Å². The molecule has 0 aliphatic heterocycles. The lowest BCUT2D eigenvalue weighted by Crippen LogP contribution is -1.96. The van der Waals surface area contributed by atoms with E-state index in [1.807, 2.05) is 30.3 Å². The van der Waals surface area contributed by atoms with Gasteiger partial charge in [0, 0.05) is 33.2 Å². The Labute approximate surface area is 135 Å². The van der Waals surface area contributed by atoms with Crippen molar-refractivity contribution in [2.75, 3.05) is 0 Å². The molecule has 0 bridgehead atoms. The van der Waals surface area contributed by atoms with Crippen LogP contribution in [0.2, 0.25) is 5.15 Å². The predicted molar refractivity (Wildman–Crippen MR) is 87.5 cm³/mol. The number of nitrogens with zero attached hydrogens (tertiary/aromatic N) is 3. The van der Waals surface area contributed by atoms with E-state index in [1.54, 1.807) is 6.20 Å². The lowest BCUT2D eigenvalue weighted by molar-refractivity contribution is 0.995. The molecule has 1 aromatic carbocycles. The van der Waals surface area contributed by atoms with Gasteiger partial charge in [-0.2, -0.15) is 0 Å². The molecule has 1 saturated carbocycles. The molecule has 0 amide bonds. The SMILES string of the molecule is Clc1cc(C2CC2)nc(-c2ccc(Br)c3cccnc23)n1. The van der Waals surface area contributed by atoms with Gasteiger partial charge >= 0.3 is 0 Å². The minimum atomic E-state index is 0.494. The van der Waals surface area contributed by atoms with Crippen LogP contribution in [0, 0.1) is 0 Å². The summed E-state index contributed by atoms with van der Waals surface area (Å²) in [5, 5.41) is 1.54. The van der Waals surface area contributed by atoms with Crippen molar-refractivity contribution < 1.29 is 0 Å². The number of hydrogen-bond acceptors (Lipinski definition) is 3. The first-order valence-electron chi connectivity index (χ1n) is 6.80. The summed E-state index contributed by atoms with van der Waals surface area (Å²) in [6.07, 6.45) is 4.16. The van der Waals surface area contributed by atoms with E-state index in [1.165, 1.54) is 12.8 Å². The third-order valence-electron chi connectivity index (χ3n) is 3.67. The fourth-order valence-electron chi connectivity index (χ4n) is 2.46. The summed E-state index contributed by atoms with van der Waals surface area (Å²) in [6, 6.07) is 9.81. The van der Waals surface area contributed by atoms with Crippen molar-refractivity contribution in [2.45, 2.75) is 18.8 Å². The van der Waals surface area contributed by atoms with Gasteiger partial charge in [0.2, 0.25) is 0 Å². The van der Waals surface area contributed by atoms with Crippen molar-refractivity contribution in [3.63, 3.8) is 0 Å². The molecule has 4 rings (SSSR count). The first-order valence-corrected chi connectivity index (χ1v) is 7.97. The molecule has 1 aliphatic rings. The Balaban J connectivity index is 1.96. The number of halogens is 2. The monoisotopic (exact) mass is 359 g/mol.